The number of hydrogen-bond acceptors (Lipinski definition) is 6. The minimum atomic E-state index is -3.73. The van der Waals surface area contributed by atoms with Gasteiger partial charge in [0.25, 0.3) is 0 Å². The first-order valence-electron chi connectivity index (χ1n) is 9.98. The van der Waals surface area contributed by atoms with E-state index in [1.54, 1.807) is 26.8 Å². The summed E-state index contributed by atoms with van der Waals surface area (Å²) in [5.41, 5.74) is -0.278. The van der Waals surface area contributed by atoms with Crippen LogP contribution in [0.1, 0.15) is 46.5 Å². The highest BCUT2D eigenvalue weighted by atomic mass is 32.2. The molecule has 0 atom stereocenters. The van der Waals surface area contributed by atoms with Crippen LogP contribution in [0.25, 0.3) is 0 Å². The van der Waals surface area contributed by atoms with Crippen molar-refractivity contribution in [3.05, 3.63) is 18.2 Å². The number of methoxy groups -OCH3 is 1. The first-order valence-corrected chi connectivity index (χ1v) is 11.4. The van der Waals surface area contributed by atoms with Gasteiger partial charge in [-0.15, -0.1) is 0 Å². The Balaban J connectivity index is 2.02. The summed E-state index contributed by atoms with van der Waals surface area (Å²) < 4.78 is 37.9. The Kier molecular flexibility index (Phi) is 8.08. The number of nitrogens with zero attached hydrogens (tertiary/aromatic N) is 1. The molecule has 9 nitrogen and oxygen atoms in total. The van der Waals surface area contributed by atoms with E-state index >= 15 is 0 Å². The van der Waals surface area contributed by atoms with Gasteiger partial charge < -0.3 is 20.1 Å². The summed E-state index contributed by atoms with van der Waals surface area (Å²) in [4.78, 5) is 23.9. The first-order chi connectivity index (χ1) is 14.0. The molecule has 1 aromatic carbocycles. The molecule has 1 saturated heterocycles. The van der Waals surface area contributed by atoms with Crippen LogP contribution in [0.3, 0.4) is 0 Å². The molecule has 2 amide bonds. The van der Waals surface area contributed by atoms with Crippen molar-refractivity contribution in [2.24, 2.45) is 0 Å². The fourth-order valence-electron chi connectivity index (χ4n) is 3.02. The van der Waals surface area contributed by atoms with Gasteiger partial charge in [-0.25, -0.2) is 13.2 Å². The second-order valence-electron chi connectivity index (χ2n) is 8.06. The number of ether oxygens (including phenoxy) is 2. The quantitative estimate of drug-likeness (QED) is 0.672. The van der Waals surface area contributed by atoms with E-state index in [9.17, 15) is 18.0 Å². The summed E-state index contributed by atoms with van der Waals surface area (Å²) in [6.45, 7) is 6.28. The van der Waals surface area contributed by atoms with Crippen molar-refractivity contribution < 1.29 is 27.5 Å². The number of alkyl carbamates (subject to hydrolysis) is 1. The Morgan fingerprint density at radius 1 is 1.13 bits per heavy atom. The van der Waals surface area contributed by atoms with E-state index in [-0.39, 0.29) is 29.5 Å². The van der Waals surface area contributed by atoms with Gasteiger partial charge in [0.1, 0.15) is 16.2 Å². The lowest BCUT2D eigenvalue weighted by Crippen LogP contribution is -2.35. The maximum Gasteiger partial charge on any atom is 0.407 e. The van der Waals surface area contributed by atoms with E-state index in [4.69, 9.17) is 9.47 Å². The molecular weight excluding hydrogens is 410 g/mol. The number of amides is 2. The monoisotopic (exact) mass is 441 g/mol. The average molecular weight is 442 g/mol. The molecule has 0 radical (unpaired) electrons. The zero-order valence-corrected chi connectivity index (χ0v) is 18.8. The minimum absolute atomic E-state index is 0.0134. The molecule has 0 saturated carbocycles. The standard InChI is InChI=1S/C20H31N3O6S/c1-20(2,3)29-19(25)21-11-10-18(24)22-15-8-9-16(28-4)17(14-15)30(26,27)23-12-6-5-7-13-23/h8-9,14H,5-7,10-13H2,1-4H3,(H,21,25)(H,22,24). The molecule has 0 bridgehead atoms. The van der Waals surface area contributed by atoms with Crippen molar-refractivity contribution >= 4 is 27.7 Å². The molecule has 1 aliphatic heterocycles. The van der Waals surface area contributed by atoms with E-state index in [0.717, 1.165) is 19.3 Å². The van der Waals surface area contributed by atoms with Gasteiger partial charge in [-0.1, -0.05) is 6.42 Å². The van der Waals surface area contributed by atoms with Crippen LogP contribution in [0.4, 0.5) is 10.5 Å². The molecule has 0 spiro atoms. The highest BCUT2D eigenvalue weighted by Crippen LogP contribution is 2.31. The molecule has 1 fully saturated rings. The van der Waals surface area contributed by atoms with Crippen molar-refractivity contribution in [2.45, 2.75) is 57.0 Å². The number of carbonyl (C=O) groups is 2. The van der Waals surface area contributed by atoms with Crippen LogP contribution in [0.2, 0.25) is 0 Å². The topological polar surface area (TPSA) is 114 Å². The second kappa shape index (κ2) is 10.1. The van der Waals surface area contributed by atoms with Crippen LogP contribution < -0.4 is 15.4 Å². The Bertz CT molecular complexity index is 858. The van der Waals surface area contributed by atoms with Gasteiger partial charge in [0.15, 0.2) is 0 Å². The van der Waals surface area contributed by atoms with Crippen LogP contribution in [-0.4, -0.2) is 57.1 Å². The summed E-state index contributed by atoms with van der Waals surface area (Å²) in [5.74, 6) is -0.136. The van der Waals surface area contributed by atoms with Crippen LogP contribution in [-0.2, 0) is 19.6 Å². The summed E-state index contributed by atoms with van der Waals surface area (Å²) in [6.07, 6.45) is 2.07. The number of anilines is 1. The molecule has 2 N–H and O–H groups in total. The lowest BCUT2D eigenvalue weighted by Gasteiger charge is -2.26. The van der Waals surface area contributed by atoms with Gasteiger partial charge in [0, 0.05) is 31.7 Å². The lowest BCUT2D eigenvalue weighted by molar-refractivity contribution is -0.116. The van der Waals surface area contributed by atoms with Gasteiger partial charge >= 0.3 is 6.09 Å². The van der Waals surface area contributed by atoms with E-state index in [0.29, 0.717) is 18.8 Å². The van der Waals surface area contributed by atoms with E-state index in [1.807, 2.05) is 0 Å². The third-order valence-corrected chi connectivity index (χ3v) is 6.32. The zero-order valence-electron chi connectivity index (χ0n) is 18.0. The number of piperidine rings is 1. The predicted octanol–water partition coefficient (Wildman–Crippen LogP) is 2.72. The Hall–Kier alpha value is -2.33. The number of benzene rings is 1. The molecule has 1 aromatic rings. The third kappa shape index (κ3) is 6.88. The maximum atomic E-state index is 13.0. The molecule has 1 aliphatic rings. The van der Waals surface area contributed by atoms with Gasteiger partial charge in [-0.05, 0) is 51.8 Å². The first kappa shape index (κ1) is 23.9. The smallest absolute Gasteiger partial charge is 0.407 e. The van der Waals surface area contributed by atoms with Gasteiger partial charge in [-0.3, -0.25) is 4.79 Å². The predicted molar refractivity (Wildman–Crippen MR) is 113 cm³/mol. The van der Waals surface area contributed by atoms with Gasteiger partial charge in [-0.2, -0.15) is 4.31 Å². The zero-order chi connectivity index (χ0) is 22.4. The molecule has 0 aliphatic carbocycles. The van der Waals surface area contributed by atoms with Crippen LogP contribution in [0, 0.1) is 0 Å². The summed E-state index contributed by atoms with van der Waals surface area (Å²) >= 11 is 0. The van der Waals surface area contributed by atoms with E-state index in [2.05, 4.69) is 10.6 Å². The maximum absolute atomic E-state index is 13.0. The fourth-order valence-corrected chi connectivity index (χ4v) is 4.71. The minimum Gasteiger partial charge on any atom is -0.495 e. The number of sulfonamides is 1. The highest BCUT2D eigenvalue weighted by Gasteiger charge is 2.29. The molecular formula is C20H31N3O6S. The Morgan fingerprint density at radius 2 is 1.80 bits per heavy atom. The Labute approximate surface area is 178 Å². The van der Waals surface area contributed by atoms with E-state index < -0.39 is 21.7 Å². The molecule has 168 valence electrons. The van der Waals surface area contributed by atoms with Crippen LogP contribution in [0.5, 0.6) is 5.75 Å². The molecule has 2 rings (SSSR count). The largest absolute Gasteiger partial charge is 0.495 e. The molecule has 0 unspecified atom stereocenters. The number of carbonyl (C=O) groups excluding carboxylic acids is 2. The SMILES string of the molecule is COc1ccc(NC(=O)CCNC(=O)OC(C)(C)C)cc1S(=O)(=O)N1CCCCC1. The number of hydrogen-bond donors (Lipinski definition) is 2. The van der Waals surface area contributed by atoms with Crippen LogP contribution in [0.15, 0.2) is 23.1 Å². The molecule has 0 aromatic heterocycles. The van der Waals surface area contributed by atoms with E-state index in [1.165, 1.54) is 23.5 Å². The van der Waals surface area contributed by atoms with Gasteiger partial charge in [0.2, 0.25) is 15.9 Å². The fraction of sp³-hybridized carbons (Fsp3) is 0.600. The van der Waals surface area contributed by atoms with Crippen molar-refractivity contribution in [3.63, 3.8) is 0 Å². The molecule has 10 heteroatoms. The normalized spacial score (nSPS) is 15.3. The average Bonchev–Trinajstić information content (AvgIpc) is 2.67. The summed E-state index contributed by atoms with van der Waals surface area (Å²) in [6, 6.07) is 4.50. The Morgan fingerprint density at radius 3 is 2.40 bits per heavy atom. The number of rotatable bonds is 7. The van der Waals surface area contributed by atoms with Crippen molar-refractivity contribution in [1.29, 1.82) is 0 Å². The van der Waals surface area contributed by atoms with Crippen molar-refractivity contribution in [1.82, 2.24) is 9.62 Å². The molecule has 30 heavy (non-hydrogen) atoms. The van der Waals surface area contributed by atoms with Crippen LogP contribution >= 0.6 is 0 Å². The second-order valence-corrected chi connectivity index (χ2v) is 9.96. The van der Waals surface area contributed by atoms with Crippen molar-refractivity contribution in [3.8, 4) is 5.75 Å². The number of nitrogens with one attached hydrogen (secondary N) is 2. The highest BCUT2D eigenvalue weighted by molar-refractivity contribution is 7.89. The third-order valence-electron chi connectivity index (χ3n) is 4.40. The summed E-state index contributed by atoms with van der Waals surface area (Å²) in [7, 11) is -2.32. The van der Waals surface area contributed by atoms with Gasteiger partial charge in [0.05, 0.1) is 7.11 Å². The molecule has 1 heterocycles. The summed E-state index contributed by atoms with van der Waals surface area (Å²) in [5, 5.41) is 5.17. The lowest BCUT2D eigenvalue weighted by atomic mass is 10.2. The van der Waals surface area contributed by atoms with Crippen molar-refractivity contribution in [2.75, 3.05) is 32.1 Å².